The Morgan fingerprint density at radius 3 is 2.31 bits per heavy atom. The second kappa shape index (κ2) is 5.23. The van der Waals surface area contributed by atoms with Crippen molar-refractivity contribution in [2.45, 2.75) is 33.1 Å². The molecule has 4 heteroatoms. The van der Waals surface area contributed by atoms with Crippen LogP contribution in [0.5, 0.6) is 0 Å². The summed E-state index contributed by atoms with van der Waals surface area (Å²) in [5, 5.41) is 2.50. The van der Waals surface area contributed by atoms with Gasteiger partial charge in [-0.3, -0.25) is 0 Å². The summed E-state index contributed by atoms with van der Waals surface area (Å²) in [7, 11) is 0. The molecule has 90 valence electrons. The number of alkyl halides is 2. The highest BCUT2D eigenvalue weighted by atomic mass is 19.3. The van der Waals surface area contributed by atoms with Gasteiger partial charge >= 0.3 is 0 Å². The maximum absolute atomic E-state index is 13.7. The van der Waals surface area contributed by atoms with Crippen molar-refractivity contribution in [2.75, 3.05) is 11.9 Å². The van der Waals surface area contributed by atoms with Crippen LogP contribution in [0.4, 0.5) is 18.9 Å². The summed E-state index contributed by atoms with van der Waals surface area (Å²) in [6.07, 6.45) is -2.44. The van der Waals surface area contributed by atoms with Gasteiger partial charge < -0.3 is 5.32 Å². The molecule has 1 aromatic rings. The fraction of sp³-hybridized carbons (Fsp3) is 0.500. The van der Waals surface area contributed by atoms with Crippen LogP contribution in [0.1, 0.15) is 30.9 Å². The first kappa shape index (κ1) is 12.9. The minimum atomic E-state index is -2.44. The number of nitrogens with one attached hydrogen (secondary N) is 1. The van der Waals surface area contributed by atoms with Crippen LogP contribution in [0, 0.1) is 12.7 Å². The minimum Gasteiger partial charge on any atom is -0.379 e. The molecular formula is C12H16F3N. The molecule has 0 aliphatic carbocycles. The van der Waals surface area contributed by atoms with Crippen molar-refractivity contribution in [3.05, 3.63) is 29.1 Å². The van der Waals surface area contributed by atoms with Crippen molar-refractivity contribution < 1.29 is 13.2 Å². The SMILES string of the molecule is Cc1cc(NCC(F)F)cc(F)c1C(C)C. The predicted molar refractivity (Wildman–Crippen MR) is 59.7 cm³/mol. The molecule has 0 aliphatic rings. The van der Waals surface area contributed by atoms with E-state index in [1.807, 2.05) is 13.8 Å². The highest BCUT2D eigenvalue weighted by Crippen LogP contribution is 2.26. The fourth-order valence-corrected chi connectivity index (χ4v) is 1.78. The van der Waals surface area contributed by atoms with Gasteiger partial charge in [0.1, 0.15) is 5.82 Å². The van der Waals surface area contributed by atoms with Gasteiger partial charge in [-0.05, 0) is 36.1 Å². The third kappa shape index (κ3) is 3.15. The standard InChI is InChI=1S/C12H16F3N/c1-7(2)12-8(3)4-9(5-10(12)13)16-6-11(14)15/h4-5,7,11,16H,6H2,1-3H3. The molecule has 0 aliphatic heterocycles. The first-order valence-corrected chi connectivity index (χ1v) is 5.24. The smallest absolute Gasteiger partial charge is 0.255 e. The number of anilines is 1. The predicted octanol–water partition coefficient (Wildman–Crippen LogP) is 3.93. The zero-order chi connectivity index (χ0) is 12.3. The van der Waals surface area contributed by atoms with Gasteiger partial charge in [-0.25, -0.2) is 13.2 Å². The molecule has 0 heterocycles. The van der Waals surface area contributed by atoms with Crippen molar-refractivity contribution in [2.24, 2.45) is 0 Å². The molecule has 16 heavy (non-hydrogen) atoms. The average molecular weight is 231 g/mol. The van der Waals surface area contributed by atoms with Crippen LogP contribution in [-0.4, -0.2) is 13.0 Å². The monoisotopic (exact) mass is 231 g/mol. The number of hydrogen-bond acceptors (Lipinski definition) is 1. The van der Waals surface area contributed by atoms with Gasteiger partial charge in [0.05, 0.1) is 6.54 Å². The van der Waals surface area contributed by atoms with E-state index in [-0.39, 0.29) is 11.7 Å². The van der Waals surface area contributed by atoms with E-state index in [1.165, 1.54) is 6.07 Å². The molecule has 0 saturated heterocycles. The Kier molecular flexibility index (Phi) is 4.21. The topological polar surface area (TPSA) is 12.0 Å². The zero-order valence-electron chi connectivity index (χ0n) is 9.65. The van der Waals surface area contributed by atoms with Crippen LogP contribution in [0.2, 0.25) is 0 Å². The number of hydrogen-bond donors (Lipinski definition) is 1. The molecular weight excluding hydrogens is 215 g/mol. The van der Waals surface area contributed by atoms with Crippen LogP contribution in [-0.2, 0) is 0 Å². The number of benzene rings is 1. The highest BCUT2D eigenvalue weighted by Gasteiger charge is 2.12. The lowest BCUT2D eigenvalue weighted by molar-refractivity contribution is 0.163. The number of aryl methyl sites for hydroxylation is 1. The van der Waals surface area contributed by atoms with Gasteiger partial charge in [-0.1, -0.05) is 13.8 Å². The highest BCUT2D eigenvalue weighted by molar-refractivity contribution is 5.49. The fourth-order valence-electron chi connectivity index (χ4n) is 1.78. The largest absolute Gasteiger partial charge is 0.379 e. The summed E-state index contributed by atoms with van der Waals surface area (Å²) in [5.41, 5.74) is 1.83. The van der Waals surface area contributed by atoms with E-state index in [9.17, 15) is 13.2 Å². The molecule has 1 nitrogen and oxygen atoms in total. The summed E-state index contributed by atoms with van der Waals surface area (Å²) in [4.78, 5) is 0. The molecule has 0 aromatic heterocycles. The summed E-state index contributed by atoms with van der Waals surface area (Å²) < 4.78 is 37.6. The van der Waals surface area contributed by atoms with Gasteiger partial charge in [0.25, 0.3) is 6.43 Å². The third-order valence-electron chi connectivity index (χ3n) is 2.37. The van der Waals surface area contributed by atoms with Gasteiger partial charge in [0.2, 0.25) is 0 Å². The Balaban J connectivity index is 2.92. The van der Waals surface area contributed by atoms with E-state index in [1.54, 1.807) is 13.0 Å². The Morgan fingerprint density at radius 2 is 1.88 bits per heavy atom. The van der Waals surface area contributed by atoms with E-state index < -0.39 is 13.0 Å². The van der Waals surface area contributed by atoms with Crippen molar-refractivity contribution >= 4 is 5.69 Å². The van der Waals surface area contributed by atoms with Gasteiger partial charge in [0, 0.05) is 5.69 Å². The number of halogens is 3. The quantitative estimate of drug-likeness (QED) is 0.827. The lowest BCUT2D eigenvalue weighted by atomic mass is 9.97. The summed E-state index contributed by atoms with van der Waals surface area (Å²) >= 11 is 0. The summed E-state index contributed by atoms with van der Waals surface area (Å²) in [6, 6.07) is 2.96. The van der Waals surface area contributed by atoms with Crippen LogP contribution in [0.25, 0.3) is 0 Å². The molecule has 0 spiro atoms. The van der Waals surface area contributed by atoms with Crippen LogP contribution in [0.3, 0.4) is 0 Å². The van der Waals surface area contributed by atoms with E-state index in [0.717, 1.165) is 5.56 Å². The molecule has 0 bridgehead atoms. The molecule has 1 aromatic carbocycles. The minimum absolute atomic E-state index is 0.0872. The van der Waals surface area contributed by atoms with E-state index in [0.29, 0.717) is 11.3 Å². The zero-order valence-corrected chi connectivity index (χ0v) is 9.65. The molecule has 0 radical (unpaired) electrons. The molecule has 0 saturated carbocycles. The molecule has 0 atom stereocenters. The lowest BCUT2D eigenvalue weighted by Crippen LogP contribution is -2.11. The molecule has 0 fully saturated rings. The van der Waals surface area contributed by atoms with E-state index in [2.05, 4.69) is 5.32 Å². The Bertz CT molecular complexity index is 338. The van der Waals surface area contributed by atoms with Gasteiger partial charge in [0.15, 0.2) is 0 Å². The second-order valence-electron chi connectivity index (χ2n) is 4.12. The lowest BCUT2D eigenvalue weighted by Gasteiger charge is -2.14. The molecule has 1 N–H and O–H groups in total. The number of rotatable bonds is 4. The third-order valence-corrected chi connectivity index (χ3v) is 2.37. The first-order valence-electron chi connectivity index (χ1n) is 5.24. The maximum atomic E-state index is 13.7. The second-order valence-corrected chi connectivity index (χ2v) is 4.12. The van der Waals surface area contributed by atoms with E-state index in [4.69, 9.17) is 0 Å². The Hall–Kier alpha value is -1.19. The van der Waals surface area contributed by atoms with Crippen LogP contribution in [0.15, 0.2) is 12.1 Å². The summed E-state index contributed by atoms with van der Waals surface area (Å²) in [5.74, 6) is -0.254. The van der Waals surface area contributed by atoms with Crippen molar-refractivity contribution in [1.82, 2.24) is 0 Å². The van der Waals surface area contributed by atoms with Crippen molar-refractivity contribution in [3.63, 3.8) is 0 Å². The molecule has 0 unspecified atom stereocenters. The Labute approximate surface area is 93.7 Å². The van der Waals surface area contributed by atoms with Gasteiger partial charge in [-0.2, -0.15) is 0 Å². The van der Waals surface area contributed by atoms with E-state index >= 15 is 0 Å². The van der Waals surface area contributed by atoms with Crippen LogP contribution >= 0.6 is 0 Å². The van der Waals surface area contributed by atoms with Crippen LogP contribution < -0.4 is 5.32 Å². The first-order chi connectivity index (χ1) is 7.41. The van der Waals surface area contributed by atoms with Gasteiger partial charge in [-0.15, -0.1) is 0 Å². The van der Waals surface area contributed by atoms with Crippen molar-refractivity contribution in [1.29, 1.82) is 0 Å². The van der Waals surface area contributed by atoms with Crippen molar-refractivity contribution in [3.8, 4) is 0 Å². The molecule has 0 amide bonds. The Morgan fingerprint density at radius 1 is 1.25 bits per heavy atom. The molecule has 1 rings (SSSR count). The maximum Gasteiger partial charge on any atom is 0.255 e. The normalized spacial score (nSPS) is 11.2. The summed E-state index contributed by atoms with van der Waals surface area (Å²) in [6.45, 7) is 5.13. The average Bonchev–Trinajstić information content (AvgIpc) is 2.12.